The summed E-state index contributed by atoms with van der Waals surface area (Å²) in [5.74, 6) is 0. The van der Waals surface area contributed by atoms with Crippen LogP contribution < -0.4 is 19.6 Å². The van der Waals surface area contributed by atoms with Crippen LogP contribution in [0.3, 0.4) is 0 Å². The fourth-order valence-corrected chi connectivity index (χ4v) is 21.2. The van der Waals surface area contributed by atoms with E-state index >= 15 is 0 Å². The molecular weight excluding hydrogens is 1430 g/mol. The largest absolute Gasteiger partial charge is 0.310 e. The van der Waals surface area contributed by atoms with Crippen molar-refractivity contribution in [3.8, 4) is 66.8 Å². The maximum Gasteiger partial charge on any atom is 0.0503 e. The summed E-state index contributed by atoms with van der Waals surface area (Å²) in [6, 6.07) is 136. The van der Waals surface area contributed by atoms with E-state index in [0.717, 1.165) is 11.4 Å². The van der Waals surface area contributed by atoms with E-state index in [4.69, 9.17) is 0 Å². The molecule has 0 atom stereocenters. The molecule has 0 radical (unpaired) electrons. The number of fused-ring (bicyclic) bond motifs is 14. The van der Waals surface area contributed by atoms with Crippen molar-refractivity contribution in [2.24, 2.45) is 0 Å². The zero-order valence-corrected chi connectivity index (χ0v) is 69.4. The fourth-order valence-electron chi connectivity index (χ4n) is 21.2. The molecule has 2 aliphatic carbocycles. The summed E-state index contributed by atoms with van der Waals surface area (Å²) in [5.41, 5.74) is 45.1. The fraction of sp³-hybridized carbons (Fsp3) is 0.158. The smallest absolute Gasteiger partial charge is 0.0503 e. The van der Waals surface area contributed by atoms with Crippen molar-refractivity contribution in [3.63, 3.8) is 0 Å². The van der Waals surface area contributed by atoms with E-state index in [2.05, 4.69) is 467 Å². The molecule has 22 rings (SSSR count). The first-order valence-corrected chi connectivity index (χ1v) is 42.0. The third-order valence-electron chi connectivity index (χ3n) is 27.7. The van der Waals surface area contributed by atoms with Gasteiger partial charge < -0.3 is 19.6 Å². The Hall–Kier alpha value is -13.3. The van der Waals surface area contributed by atoms with Gasteiger partial charge in [0.05, 0.1) is 45.5 Å². The van der Waals surface area contributed by atoms with Crippen LogP contribution in [0.4, 0.5) is 68.2 Å². The highest BCUT2D eigenvalue weighted by Gasteiger charge is 2.45. The molecule has 0 aromatic heterocycles. The molecule has 0 bridgehead atoms. The number of nitrogens with zero attached hydrogens (tertiary/aromatic N) is 4. The van der Waals surface area contributed by atoms with Crippen LogP contribution in [-0.4, -0.2) is 0 Å². The minimum absolute atomic E-state index is 0.0808. The lowest BCUT2D eigenvalue weighted by Gasteiger charge is -2.43. The van der Waals surface area contributed by atoms with Gasteiger partial charge in [0, 0.05) is 55.2 Å². The Kier molecular flexibility index (Phi) is 16.3. The van der Waals surface area contributed by atoms with Gasteiger partial charge in [0.1, 0.15) is 0 Å². The zero-order valence-electron chi connectivity index (χ0n) is 69.4. The van der Waals surface area contributed by atoms with Crippen LogP contribution in [0.25, 0.3) is 66.8 Å². The Balaban J connectivity index is 0.000000148. The van der Waals surface area contributed by atoms with Crippen LogP contribution in [-0.2, 0) is 32.5 Å². The summed E-state index contributed by atoms with van der Waals surface area (Å²) in [6.07, 6.45) is 0. The Morgan fingerprint density at radius 1 is 0.136 bits per heavy atom. The molecule has 0 unspecified atom stereocenters. The second-order valence-corrected chi connectivity index (χ2v) is 36.5. The molecule has 6 aliphatic rings. The molecule has 0 saturated heterocycles. The number of rotatable bonds is 8. The third kappa shape index (κ3) is 11.0. The third-order valence-corrected chi connectivity index (χ3v) is 27.7. The van der Waals surface area contributed by atoms with Gasteiger partial charge in [-0.15, -0.1) is 0 Å². The van der Waals surface area contributed by atoms with Gasteiger partial charge in [0.2, 0.25) is 0 Å². The van der Waals surface area contributed by atoms with Crippen LogP contribution in [0.1, 0.15) is 150 Å². The van der Waals surface area contributed by atoms with Crippen molar-refractivity contribution >= 4 is 68.2 Å². The first kappa shape index (κ1) is 72.4. The van der Waals surface area contributed by atoms with Crippen molar-refractivity contribution < 1.29 is 0 Å². The molecule has 0 spiro atoms. The first-order valence-electron chi connectivity index (χ1n) is 42.0. The zero-order chi connectivity index (χ0) is 80.5. The monoisotopic (exact) mass is 1520 g/mol. The van der Waals surface area contributed by atoms with Crippen molar-refractivity contribution in [3.05, 3.63) is 431 Å². The van der Waals surface area contributed by atoms with Crippen LogP contribution in [0, 0.1) is 0 Å². The lowest BCUT2D eigenvalue weighted by Crippen LogP contribution is -2.31. The van der Waals surface area contributed by atoms with Gasteiger partial charge >= 0.3 is 0 Å². The molecule has 118 heavy (non-hydrogen) atoms. The second kappa shape index (κ2) is 26.6. The van der Waals surface area contributed by atoms with Gasteiger partial charge in [-0.05, 0) is 255 Å². The minimum Gasteiger partial charge on any atom is -0.310 e. The Morgan fingerprint density at radius 2 is 0.339 bits per heavy atom. The summed E-state index contributed by atoms with van der Waals surface area (Å²) in [4.78, 5) is 9.92. The minimum atomic E-state index is -0.213. The van der Waals surface area contributed by atoms with E-state index in [-0.39, 0.29) is 32.5 Å². The highest BCUT2D eigenvalue weighted by molar-refractivity contribution is 5.96. The van der Waals surface area contributed by atoms with Crippen molar-refractivity contribution in [1.29, 1.82) is 0 Å². The quantitative estimate of drug-likeness (QED) is 0.150. The van der Waals surface area contributed by atoms with Gasteiger partial charge in [-0.25, -0.2) is 0 Å². The van der Waals surface area contributed by atoms with E-state index in [1.54, 1.807) is 0 Å². The van der Waals surface area contributed by atoms with E-state index in [1.807, 2.05) is 0 Å². The highest BCUT2D eigenvalue weighted by Crippen LogP contribution is 2.61. The van der Waals surface area contributed by atoms with Gasteiger partial charge in [0.25, 0.3) is 0 Å². The van der Waals surface area contributed by atoms with Crippen LogP contribution in [0.2, 0.25) is 0 Å². The van der Waals surface area contributed by atoms with Gasteiger partial charge in [0.15, 0.2) is 0 Å². The summed E-state index contributed by atoms with van der Waals surface area (Å²) >= 11 is 0. The van der Waals surface area contributed by atoms with Gasteiger partial charge in [-0.1, -0.05) is 326 Å². The van der Waals surface area contributed by atoms with Gasteiger partial charge in [-0.3, -0.25) is 0 Å². The van der Waals surface area contributed by atoms with E-state index in [9.17, 15) is 0 Å². The summed E-state index contributed by atoms with van der Waals surface area (Å²) in [5, 5.41) is 0. The Morgan fingerprint density at radius 3 is 0.636 bits per heavy atom. The number of hydrogen-bond acceptors (Lipinski definition) is 4. The van der Waals surface area contributed by atoms with Crippen LogP contribution in [0.5, 0.6) is 0 Å². The van der Waals surface area contributed by atoms with E-state index in [0.29, 0.717) is 0 Å². The normalized spacial score (nSPS) is 16.0. The predicted molar refractivity (Wildman–Crippen MR) is 497 cm³/mol. The van der Waals surface area contributed by atoms with E-state index in [1.165, 1.54) is 190 Å². The molecule has 0 saturated carbocycles. The molecule has 16 aromatic carbocycles. The molecule has 572 valence electrons. The lowest BCUT2D eigenvalue weighted by atomic mass is 9.71. The summed E-state index contributed by atoms with van der Waals surface area (Å²) < 4.78 is 0. The Bertz CT molecular complexity index is 6340. The van der Waals surface area contributed by atoms with Crippen molar-refractivity contribution in [2.45, 2.75) is 116 Å². The molecule has 16 aromatic rings. The van der Waals surface area contributed by atoms with Crippen LogP contribution >= 0.6 is 0 Å². The topological polar surface area (TPSA) is 13.0 Å². The average Bonchev–Trinajstić information content (AvgIpc) is 0.880. The highest BCUT2D eigenvalue weighted by atomic mass is 15.2. The molecule has 4 aliphatic heterocycles. The second-order valence-electron chi connectivity index (χ2n) is 36.5. The molecule has 0 fully saturated rings. The summed E-state index contributed by atoms with van der Waals surface area (Å²) in [7, 11) is 0. The molecule has 4 heteroatoms. The number of benzene rings is 16. The first-order chi connectivity index (χ1) is 57.1. The van der Waals surface area contributed by atoms with Gasteiger partial charge in [-0.2, -0.15) is 0 Å². The SMILES string of the molecule is CC1(C)c2ccccc2-c2ccc(N3c4ccccc4C(C)(C)c4cc(-c5ccc6c(c5)C(C)(C)c5ccccc5N6c5ccc6c(c5)C(C)(C)c5ccccc5-6)ccc43)cc21.CC1(C)c2ccccc2N(c2ccc(-c3ccccc3)cc2)c2ccc(-c3ccc4c(c3)C(C)(C)c3ccccc3N4c3ccc(-c4ccccc4)cc3)cc21. The van der Waals surface area contributed by atoms with Crippen molar-refractivity contribution in [1.82, 2.24) is 0 Å². The van der Waals surface area contributed by atoms with E-state index < -0.39 is 0 Å². The molecule has 0 amide bonds. The summed E-state index contributed by atoms with van der Waals surface area (Å²) in [6.45, 7) is 28.6. The molecule has 0 N–H and O–H groups in total. The number of hydrogen-bond donors (Lipinski definition) is 0. The molecule has 4 nitrogen and oxygen atoms in total. The average molecular weight is 1520 g/mol. The van der Waals surface area contributed by atoms with Crippen LogP contribution in [0.15, 0.2) is 364 Å². The number of anilines is 12. The molecule has 4 heterocycles. The molecular formula is C114H96N4. The Labute approximate surface area is 696 Å². The maximum atomic E-state index is 2.51. The predicted octanol–water partition coefficient (Wildman–Crippen LogP) is 31.1. The number of para-hydroxylation sites is 4. The van der Waals surface area contributed by atoms with Crippen molar-refractivity contribution in [2.75, 3.05) is 19.6 Å². The standard InChI is InChI=1S/C60H52N2.C54H44N2/c1-57(2)45-19-11-9-17-41(45)43-29-27-39(35-49(43)57)61-53-23-15-13-21-47(53)59(5,6)51-33-37(25-31-55(51)61)38-26-32-56-52(34-38)60(7,8)48-22-14-16-24-54(48)62(56)40-28-30-44-42-18-10-12-20-46(42)58(3,4)50(44)36-40;1-53(2)45-19-11-13-21-49(45)55(43-29-23-39(24-30-43)37-15-7-5-8-16-37)51-33-27-41(35-47(51)53)42-28-34-52-48(36-42)54(3,4)46-20-12-14-22-50(46)56(52)44-31-25-40(26-32-44)38-17-9-6-10-18-38/h9-36H,1-8H3;5-36H,1-4H3. The lowest BCUT2D eigenvalue weighted by molar-refractivity contribution is 0.630. The maximum absolute atomic E-state index is 2.51.